The highest BCUT2D eigenvalue weighted by Crippen LogP contribution is 2.10. The smallest absolute Gasteiger partial charge is 0.337 e. The van der Waals surface area contributed by atoms with E-state index in [1.807, 2.05) is 6.92 Å². The van der Waals surface area contributed by atoms with Crippen molar-refractivity contribution in [3.05, 3.63) is 35.7 Å². The third-order valence-corrected chi connectivity index (χ3v) is 1.96. The zero-order valence-corrected chi connectivity index (χ0v) is 7.06. The molecule has 0 fully saturated rings. The number of carboxylic acid groups (broad SMARTS) is 1. The summed E-state index contributed by atoms with van der Waals surface area (Å²) in [7, 11) is 0. The van der Waals surface area contributed by atoms with E-state index in [2.05, 4.69) is 5.10 Å². The molecule has 2 heterocycles. The molecule has 0 aliphatic heterocycles. The van der Waals surface area contributed by atoms with Crippen LogP contribution in [-0.4, -0.2) is 20.7 Å². The monoisotopic (exact) mass is 176 g/mol. The van der Waals surface area contributed by atoms with Crippen LogP contribution in [0.1, 0.15) is 15.9 Å². The van der Waals surface area contributed by atoms with Crippen molar-refractivity contribution in [3.63, 3.8) is 0 Å². The van der Waals surface area contributed by atoms with Crippen LogP contribution in [0.3, 0.4) is 0 Å². The Hall–Kier alpha value is -1.84. The molecule has 13 heavy (non-hydrogen) atoms. The summed E-state index contributed by atoms with van der Waals surface area (Å²) in [6.45, 7) is 1.93. The van der Waals surface area contributed by atoms with Crippen molar-refractivity contribution in [1.82, 2.24) is 9.61 Å². The summed E-state index contributed by atoms with van der Waals surface area (Å²) in [6.07, 6.45) is 3.21. The molecule has 4 heteroatoms. The summed E-state index contributed by atoms with van der Waals surface area (Å²) in [5, 5.41) is 12.7. The number of aromatic carboxylic acids is 1. The number of rotatable bonds is 1. The fraction of sp³-hybridized carbons (Fsp3) is 0.111. The average molecular weight is 176 g/mol. The lowest BCUT2D eigenvalue weighted by molar-refractivity contribution is 0.0696. The number of nitrogens with zero attached hydrogens (tertiary/aromatic N) is 2. The third-order valence-electron chi connectivity index (χ3n) is 1.96. The summed E-state index contributed by atoms with van der Waals surface area (Å²) in [4.78, 5) is 10.6. The zero-order valence-electron chi connectivity index (χ0n) is 7.06. The zero-order chi connectivity index (χ0) is 9.42. The van der Waals surface area contributed by atoms with Crippen LogP contribution >= 0.6 is 0 Å². The molecule has 0 amide bonds. The van der Waals surface area contributed by atoms with E-state index >= 15 is 0 Å². The van der Waals surface area contributed by atoms with E-state index < -0.39 is 5.97 Å². The third kappa shape index (κ3) is 1.16. The summed E-state index contributed by atoms with van der Waals surface area (Å²) in [5.74, 6) is -0.935. The summed E-state index contributed by atoms with van der Waals surface area (Å²) < 4.78 is 1.57. The van der Waals surface area contributed by atoms with Gasteiger partial charge >= 0.3 is 5.97 Å². The highest BCUT2D eigenvalue weighted by molar-refractivity contribution is 5.87. The predicted molar refractivity (Wildman–Crippen MR) is 46.9 cm³/mol. The van der Waals surface area contributed by atoms with Gasteiger partial charge in [0.15, 0.2) is 0 Å². The largest absolute Gasteiger partial charge is 0.478 e. The van der Waals surface area contributed by atoms with Crippen LogP contribution < -0.4 is 0 Å². The van der Waals surface area contributed by atoms with E-state index in [4.69, 9.17) is 5.11 Å². The number of hydrogen-bond donors (Lipinski definition) is 1. The predicted octanol–water partition coefficient (Wildman–Crippen LogP) is 1.34. The SMILES string of the molecule is Cc1cnn2cc(C(=O)O)ccc12. The second-order valence-electron chi connectivity index (χ2n) is 2.88. The molecule has 2 aromatic rings. The molecule has 0 spiro atoms. The lowest BCUT2D eigenvalue weighted by Crippen LogP contribution is -1.99. The summed E-state index contributed by atoms with van der Waals surface area (Å²) >= 11 is 0. The van der Waals surface area contributed by atoms with Crippen molar-refractivity contribution >= 4 is 11.5 Å². The maximum absolute atomic E-state index is 10.6. The molecule has 66 valence electrons. The maximum atomic E-state index is 10.6. The molecule has 0 unspecified atom stereocenters. The number of fused-ring (bicyclic) bond motifs is 1. The first-order valence-corrected chi connectivity index (χ1v) is 3.86. The summed E-state index contributed by atoms with van der Waals surface area (Å²) in [5.41, 5.74) is 2.22. The van der Waals surface area contributed by atoms with Crippen LogP contribution in [0.15, 0.2) is 24.5 Å². The lowest BCUT2D eigenvalue weighted by atomic mass is 10.2. The molecule has 0 saturated carbocycles. The number of aryl methyl sites for hydroxylation is 1. The Labute approximate surface area is 74.4 Å². The van der Waals surface area contributed by atoms with E-state index in [1.165, 1.54) is 6.20 Å². The minimum Gasteiger partial charge on any atom is -0.478 e. The first kappa shape index (κ1) is 7.79. The van der Waals surface area contributed by atoms with Crippen molar-refractivity contribution < 1.29 is 9.90 Å². The van der Waals surface area contributed by atoms with Gasteiger partial charge in [-0.05, 0) is 24.6 Å². The second kappa shape index (κ2) is 2.58. The van der Waals surface area contributed by atoms with Gasteiger partial charge in [-0.15, -0.1) is 0 Å². The van der Waals surface area contributed by atoms with Gasteiger partial charge in [-0.3, -0.25) is 0 Å². The number of aromatic nitrogens is 2. The summed E-state index contributed by atoms with van der Waals surface area (Å²) in [6, 6.07) is 3.33. The van der Waals surface area contributed by atoms with Gasteiger partial charge in [0.2, 0.25) is 0 Å². The maximum Gasteiger partial charge on any atom is 0.337 e. The van der Waals surface area contributed by atoms with E-state index in [0.717, 1.165) is 11.1 Å². The first-order chi connectivity index (χ1) is 6.18. The molecular formula is C9H8N2O2. The molecule has 0 aliphatic carbocycles. The highest BCUT2D eigenvalue weighted by atomic mass is 16.4. The van der Waals surface area contributed by atoms with Crippen LogP contribution in [0.4, 0.5) is 0 Å². The van der Waals surface area contributed by atoms with E-state index in [-0.39, 0.29) is 5.56 Å². The number of hydrogen-bond acceptors (Lipinski definition) is 2. The van der Waals surface area contributed by atoms with Gasteiger partial charge in [0.05, 0.1) is 17.3 Å². The molecule has 0 bridgehead atoms. The molecular weight excluding hydrogens is 168 g/mol. The van der Waals surface area contributed by atoms with Gasteiger partial charge in [0.25, 0.3) is 0 Å². The Morgan fingerprint density at radius 3 is 3.00 bits per heavy atom. The molecule has 0 saturated heterocycles. The standard InChI is InChI=1S/C9H8N2O2/c1-6-4-10-11-5-7(9(12)13)2-3-8(6)11/h2-5H,1H3,(H,12,13). The fourth-order valence-corrected chi connectivity index (χ4v) is 1.24. The van der Waals surface area contributed by atoms with E-state index in [1.54, 1.807) is 22.8 Å². The quantitative estimate of drug-likeness (QED) is 0.713. The normalized spacial score (nSPS) is 10.5. The van der Waals surface area contributed by atoms with Crippen LogP contribution in [-0.2, 0) is 0 Å². The van der Waals surface area contributed by atoms with Gasteiger partial charge < -0.3 is 5.11 Å². The molecule has 0 aliphatic rings. The van der Waals surface area contributed by atoms with Gasteiger partial charge in [0, 0.05) is 6.20 Å². The van der Waals surface area contributed by atoms with Crippen molar-refractivity contribution in [2.45, 2.75) is 6.92 Å². The van der Waals surface area contributed by atoms with Gasteiger partial charge in [0.1, 0.15) is 0 Å². The van der Waals surface area contributed by atoms with Crippen molar-refractivity contribution in [2.75, 3.05) is 0 Å². The Morgan fingerprint density at radius 1 is 1.54 bits per heavy atom. The number of pyridine rings is 1. The van der Waals surface area contributed by atoms with E-state index in [0.29, 0.717) is 0 Å². The van der Waals surface area contributed by atoms with Crippen molar-refractivity contribution in [3.8, 4) is 0 Å². The Bertz CT molecular complexity index is 473. The topological polar surface area (TPSA) is 54.6 Å². The van der Waals surface area contributed by atoms with E-state index in [9.17, 15) is 4.79 Å². The van der Waals surface area contributed by atoms with Crippen molar-refractivity contribution in [2.24, 2.45) is 0 Å². The molecule has 2 aromatic heterocycles. The van der Waals surface area contributed by atoms with Crippen LogP contribution in [0.5, 0.6) is 0 Å². The van der Waals surface area contributed by atoms with Gasteiger partial charge in [-0.25, -0.2) is 9.31 Å². The van der Waals surface area contributed by atoms with Crippen LogP contribution in [0, 0.1) is 6.92 Å². The molecule has 2 rings (SSSR count). The Balaban J connectivity index is 2.70. The van der Waals surface area contributed by atoms with Crippen LogP contribution in [0.25, 0.3) is 5.52 Å². The first-order valence-electron chi connectivity index (χ1n) is 3.86. The highest BCUT2D eigenvalue weighted by Gasteiger charge is 2.04. The fourth-order valence-electron chi connectivity index (χ4n) is 1.24. The van der Waals surface area contributed by atoms with Crippen LogP contribution in [0.2, 0.25) is 0 Å². The average Bonchev–Trinajstić information content (AvgIpc) is 2.47. The number of carboxylic acids is 1. The molecule has 1 N–H and O–H groups in total. The van der Waals surface area contributed by atoms with Gasteiger partial charge in [-0.1, -0.05) is 0 Å². The number of carbonyl (C=O) groups is 1. The molecule has 0 aromatic carbocycles. The van der Waals surface area contributed by atoms with Crippen molar-refractivity contribution in [1.29, 1.82) is 0 Å². The Kier molecular flexibility index (Phi) is 1.55. The minimum atomic E-state index is -0.935. The molecule has 0 atom stereocenters. The Morgan fingerprint density at radius 2 is 2.31 bits per heavy atom. The molecule has 0 radical (unpaired) electrons. The van der Waals surface area contributed by atoms with Gasteiger partial charge in [-0.2, -0.15) is 5.10 Å². The second-order valence-corrected chi connectivity index (χ2v) is 2.88. The molecule has 4 nitrogen and oxygen atoms in total. The lowest BCUT2D eigenvalue weighted by Gasteiger charge is -1.96. The minimum absolute atomic E-state index is 0.246.